The van der Waals surface area contributed by atoms with Crippen LogP contribution in [0, 0.1) is 23.2 Å². The van der Waals surface area contributed by atoms with E-state index in [0.717, 1.165) is 55.9 Å². The molecule has 4 bridgehead atoms. The van der Waals surface area contributed by atoms with Gasteiger partial charge >= 0.3 is 0 Å². The van der Waals surface area contributed by atoms with Gasteiger partial charge in [-0.2, -0.15) is 0 Å². The SMILES string of the molecule is CCN(CC)c1ccc(CN(C(=O)C23CC4CC(CC(C4)C2)C3)c2ccccn2)cc1. The minimum Gasteiger partial charge on any atom is -0.372 e. The van der Waals surface area contributed by atoms with Crippen LogP contribution in [-0.4, -0.2) is 24.0 Å². The Bertz CT molecular complexity index is 869. The topological polar surface area (TPSA) is 36.4 Å². The lowest BCUT2D eigenvalue weighted by Crippen LogP contribution is -2.54. The number of benzene rings is 1. The van der Waals surface area contributed by atoms with Gasteiger partial charge in [0.1, 0.15) is 5.82 Å². The fourth-order valence-corrected chi connectivity index (χ4v) is 7.01. The Morgan fingerprint density at radius 2 is 1.55 bits per heavy atom. The third-order valence-electron chi connectivity index (χ3n) is 8.07. The Morgan fingerprint density at radius 1 is 0.935 bits per heavy atom. The molecule has 0 aliphatic heterocycles. The van der Waals surface area contributed by atoms with Crippen LogP contribution in [0.4, 0.5) is 11.5 Å². The quantitative estimate of drug-likeness (QED) is 0.582. The van der Waals surface area contributed by atoms with Gasteiger partial charge in [0.05, 0.1) is 12.0 Å². The van der Waals surface area contributed by atoms with Crippen molar-refractivity contribution in [3.63, 3.8) is 0 Å². The van der Waals surface area contributed by atoms with E-state index in [4.69, 9.17) is 0 Å². The third-order valence-corrected chi connectivity index (χ3v) is 8.07. The van der Waals surface area contributed by atoms with Crippen LogP contribution in [0.15, 0.2) is 48.7 Å². The summed E-state index contributed by atoms with van der Waals surface area (Å²) in [4.78, 5) is 23.1. The number of nitrogens with zero attached hydrogens (tertiary/aromatic N) is 3. The normalized spacial score (nSPS) is 28.5. The second kappa shape index (κ2) is 8.29. The van der Waals surface area contributed by atoms with E-state index in [9.17, 15) is 4.79 Å². The fourth-order valence-electron chi connectivity index (χ4n) is 7.01. The first kappa shape index (κ1) is 20.5. The summed E-state index contributed by atoms with van der Waals surface area (Å²) in [6, 6.07) is 14.6. The number of hydrogen-bond donors (Lipinski definition) is 0. The van der Waals surface area contributed by atoms with E-state index in [1.807, 2.05) is 23.1 Å². The van der Waals surface area contributed by atoms with Crippen LogP contribution in [0.25, 0.3) is 0 Å². The van der Waals surface area contributed by atoms with Crippen LogP contribution < -0.4 is 9.80 Å². The van der Waals surface area contributed by atoms with Crippen molar-refractivity contribution in [1.82, 2.24) is 4.98 Å². The van der Waals surface area contributed by atoms with Gasteiger partial charge in [0.25, 0.3) is 0 Å². The van der Waals surface area contributed by atoms with Crippen molar-refractivity contribution in [2.45, 2.75) is 58.9 Å². The molecule has 1 aromatic heterocycles. The fraction of sp³-hybridized carbons (Fsp3) is 0.556. The molecule has 0 spiro atoms. The van der Waals surface area contributed by atoms with Crippen LogP contribution in [0.5, 0.6) is 0 Å². The number of hydrogen-bond acceptors (Lipinski definition) is 3. The molecule has 6 rings (SSSR count). The highest BCUT2D eigenvalue weighted by atomic mass is 16.2. The van der Waals surface area contributed by atoms with Gasteiger partial charge in [-0.05, 0) is 100.0 Å². The molecule has 4 heteroatoms. The first-order valence-corrected chi connectivity index (χ1v) is 12.2. The molecule has 0 radical (unpaired) electrons. The molecule has 0 saturated heterocycles. The smallest absolute Gasteiger partial charge is 0.234 e. The van der Waals surface area contributed by atoms with Crippen LogP contribution in [-0.2, 0) is 11.3 Å². The van der Waals surface area contributed by atoms with Gasteiger partial charge in [-0.15, -0.1) is 0 Å². The lowest BCUT2D eigenvalue weighted by molar-refractivity contribution is -0.143. The first-order chi connectivity index (χ1) is 15.1. The average molecular weight is 418 g/mol. The molecule has 1 amide bonds. The third kappa shape index (κ3) is 3.86. The Labute approximate surface area is 186 Å². The number of anilines is 2. The van der Waals surface area contributed by atoms with Gasteiger partial charge in [0, 0.05) is 25.0 Å². The standard InChI is InChI=1S/C27H35N3O/c1-3-29(4-2)24-10-8-20(9-11-24)19-30(25-7-5-6-12-28-25)26(31)27-16-21-13-22(17-27)15-23(14-21)18-27/h5-12,21-23H,3-4,13-19H2,1-2H3. The maximum Gasteiger partial charge on any atom is 0.234 e. The predicted molar refractivity (Wildman–Crippen MR) is 126 cm³/mol. The number of rotatable bonds is 7. The van der Waals surface area contributed by atoms with Gasteiger partial charge in [-0.1, -0.05) is 18.2 Å². The summed E-state index contributed by atoms with van der Waals surface area (Å²) in [6.07, 6.45) is 9.11. The van der Waals surface area contributed by atoms with Gasteiger partial charge in [-0.25, -0.2) is 4.98 Å². The van der Waals surface area contributed by atoms with E-state index in [1.165, 1.54) is 30.5 Å². The predicted octanol–water partition coefficient (Wildman–Crippen LogP) is 5.68. The molecule has 4 nitrogen and oxygen atoms in total. The van der Waals surface area contributed by atoms with Crippen LogP contribution >= 0.6 is 0 Å². The molecule has 164 valence electrons. The lowest BCUT2D eigenvalue weighted by Gasteiger charge is -2.56. The molecule has 0 N–H and O–H groups in total. The van der Waals surface area contributed by atoms with Crippen molar-refractivity contribution in [1.29, 1.82) is 0 Å². The van der Waals surface area contributed by atoms with E-state index < -0.39 is 0 Å². The van der Waals surface area contributed by atoms with Crippen molar-refractivity contribution in [2.24, 2.45) is 23.2 Å². The number of aromatic nitrogens is 1. The summed E-state index contributed by atoms with van der Waals surface area (Å²) in [7, 11) is 0. The molecule has 4 aliphatic carbocycles. The summed E-state index contributed by atoms with van der Waals surface area (Å²) in [5.41, 5.74) is 2.25. The molecule has 0 unspecified atom stereocenters. The molecule has 31 heavy (non-hydrogen) atoms. The van der Waals surface area contributed by atoms with Crippen molar-refractivity contribution in [2.75, 3.05) is 22.9 Å². The molecule has 1 aromatic carbocycles. The highest BCUT2D eigenvalue weighted by molar-refractivity contribution is 5.97. The van der Waals surface area contributed by atoms with Crippen LogP contribution in [0.3, 0.4) is 0 Å². The van der Waals surface area contributed by atoms with Crippen molar-refractivity contribution in [3.05, 3.63) is 54.2 Å². The maximum absolute atomic E-state index is 14.1. The zero-order chi connectivity index (χ0) is 21.4. The molecule has 0 atom stereocenters. The maximum atomic E-state index is 14.1. The van der Waals surface area contributed by atoms with Crippen LogP contribution in [0.2, 0.25) is 0 Å². The van der Waals surface area contributed by atoms with E-state index in [1.54, 1.807) is 6.20 Å². The van der Waals surface area contributed by atoms with Crippen molar-refractivity contribution in [3.8, 4) is 0 Å². The van der Waals surface area contributed by atoms with Gasteiger partial charge in [0.15, 0.2) is 0 Å². The van der Waals surface area contributed by atoms with E-state index >= 15 is 0 Å². The molecule has 4 saturated carbocycles. The van der Waals surface area contributed by atoms with Crippen molar-refractivity contribution < 1.29 is 4.79 Å². The summed E-state index contributed by atoms with van der Waals surface area (Å²) in [6.45, 7) is 6.96. The van der Waals surface area contributed by atoms with Crippen molar-refractivity contribution >= 4 is 17.4 Å². The monoisotopic (exact) mass is 417 g/mol. The molecule has 1 heterocycles. The number of amides is 1. The molecule has 2 aromatic rings. The minimum absolute atomic E-state index is 0.159. The summed E-state index contributed by atoms with van der Waals surface area (Å²) in [5.74, 6) is 3.38. The van der Waals surface area contributed by atoms with E-state index in [-0.39, 0.29) is 5.41 Å². The Hall–Kier alpha value is -2.36. The number of carbonyl (C=O) groups excluding carboxylic acids is 1. The molecular weight excluding hydrogens is 382 g/mol. The Morgan fingerprint density at radius 3 is 2.06 bits per heavy atom. The van der Waals surface area contributed by atoms with Gasteiger partial charge in [0.2, 0.25) is 5.91 Å². The molecular formula is C27H35N3O. The highest BCUT2D eigenvalue weighted by Gasteiger charge is 2.55. The highest BCUT2D eigenvalue weighted by Crippen LogP contribution is 2.60. The number of carbonyl (C=O) groups is 1. The molecule has 4 fully saturated rings. The second-order valence-corrected chi connectivity index (χ2v) is 10.1. The minimum atomic E-state index is -0.159. The number of pyridine rings is 1. The summed E-state index contributed by atoms with van der Waals surface area (Å²) < 4.78 is 0. The second-order valence-electron chi connectivity index (χ2n) is 10.1. The van der Waals surface area contributed by atoms with Gasteiger partial charge < -0.3 is 4.90 Å². The zero-order valence-corrected chi connectivity index (χ0v) is 19.0. The summed E-state index contributed by atoms with van der Waals surface area (Å²) >= 11 is 0. The largest absolute Gasteiger partial charge is 0.372 e. The average Bonchev–Trinajstić information content (AvgIpc) is 2.78. The van der Waals surface area contributed by atoms with Crippen LogP contribution in [0.1, 0.15) is 57.9 Å². The van der Waals surface area contributed by atoms with E-state index in [0.29, 0.717) is 12.5 Å². The zero-order valence-electron chi connectivity index (χ0n) is 19.0. The summed E-state index contributed by atoms with van der Waals surface area (Å²) in [5, 5.41) is 0. The molecule has 4 aliphatic rings. The first-order valence-electron chi connectivity index (χ1n) is 12.2. The Kier molecular flexibility index (Phi) is 5.49. The van der Waals surface area contributed by atoms with Gasteiger partial charge in [-0.3, -0.25) is 9.69 Å². The Balaban J connectivity index is 1.42. The lowest BCUT2D eigenvalue weighted by atomic mass is 9.49. The van der Waals surface area contributed by atoms with E-state index in [2.05, 4.69) is 48.0 Å².